The van der Waals surface area contributed by atoms with Crippen LogP contribution in [0.25, 0.3) is 0 Å². The lowest BCUT2D eigenvalue weighted by Gasteiger charge is -2.57. The molecule has 0 spiro atoms. The summed E-state index contributed by atoms with van der Waals surface area (Å²) < 4.78 is 26.3. The highest BCUT2D eigenvalue weighted by Gasteiger charge is 2.51. The van der Waals surface area contributed by atoms with Gasteiger partial charge >= 0.3 is 0 Å². The van der Waals surface area contributed by atoms with Gasteiger partial charge in [-0.25, -0.2) is 8.42 Å². The van der Waals surface area contributed by atoms with Gasteiger partial charge in [-0.2, -0.15) is 0 Å². The Morgan fingerprint density at radius 2 is 1.61 bits per heavy atom. The molecule has 0 aliphatic heterocycles. The van der Waals surface area contributed by atoms with Gasteiger partial charge in [0.25, 0.3) is 0 Å². The van der Waals surface area contributed by atoms with Crippen LogP contribution in [-0.2, 0) is 26.8 Å². The largest absolute Gasteiger partial charge is 0.350 e. The Labute approximate surface area is 197 Å². The molecule has 6 rings (SSSR count). The average molecular weight is 467 g/mol. The van der Waals surface area contributed by atoms with Crippen LogP contribution in [0.3, 0.4) is 0 Å². The van der Waals surface area contributed by atoms with Gasteiger partial charge in [-0.3, -0.25) is 9.10 Å². The number of benzene rings is 2. The minimum absolute atomic E-state index is 0.221. The van der Waals surface area contributed by atoms with Crippen molar-refractivity contribution < 1.29 is 13.2 Å². The fourth-order valence-corrected chi connectivity index (χ4v) is 7.91. The number of hydrogen-bond donors (Lipinski definition) is 1. The number of anilines is 1. The van der Waals surface area contributed by atoms with Crippen molar-refractivity contribution in [1.82, 2.24) is 5.32 Å². The average Bonchev–Trinajstić information content (AvgIpc) is 2.75. The van der Waals surface area contributed by atoms with Crippen LogP contribution in [0.1, 0.15) is 55.2 Å². The Balaban J connectivity index is 1.30. The van der Waals surface area contributed by atoms with Crippen LogP contribution >= 0.6 is 0 Å². The molecule has 0 aromatic heterocycles. The van der Waals surface area contributed by atoms with E-state index >= 15 is 0 Å². The molecule has 0 atom stereocenters. The van der Waals surface area contributed by atoms with E-state index in [9.17, 15) is 13.2 Å². The number of rotatable bonds is 7. The summed E-state index contributed by atoms with van der Waals surface area (Å²) in [5.41, 5.74) is 4.29. The SMILES string of the molecule is Cc1cccc(CNC(=O)CN(c2ccc(C34CC5CC(CC(C5)C3)C4)cc2)S(C)(=O)=O)c1. The molecule has 4 saturated carbocycles. The first kappa shape index (κ1) is 22.5. The minimum atomic E-state index is -3.59. The predicted octanol–water partition coefficient (Wildman–Crippen LogP) is 4.55. The van der Waals surface area contributed by atoms with Crippen molar-refractivity contribution in [2.24, 2.45) is 17.8 Å². The second-order valence-corrected chi connectivity index (χ2v) is 12.7. The number of nitrogens with one attached hydrogen (secondary N) is 1. The smallest absolute Gasteiger partial charge is 0.241 e. The van der Waals surface area contributed by atoms with Crippen LogP contribution in [0.4, 0.5) is 5.69 Å². The molecule has 1 N–H and O–H groups in total. The molecule has 4 fully saturated rings. The van der Waals surface area contributed by atoms with E-state index in [-0.39, 0.29) is 17.9 Å². The number of carbonyl (C=O) groups is 1. The van der Waals surface area contributed by atoms with Crippen LogP contribution in [0.2, 0.25) is 0 Å². The minimum Gasteiger partial charge on any atom is -0.350 e. The molecule has 6 heteroatoms. The van der Waals surface area contributed by atoms with Crippen LogP contribution in [0.5, 0.6) is 0 Å². The highest BCUT2D eigenvalue weighted by Crippen LogP contribution is 2.60. The second kappa shape index (κ2) is 8.46. The second-order valence-electron chi connectivity index (χ2n) is 10.8. The molecule has 2 aromatic rings. The molecule has 0 heterocycles. The van der Waals surface area contributed by atoms with Gasteiger partial charge in [0.15, 0.2) is 0 Å². The van der Waals surface area contributed by atoms with Crippen molar-refractivity contribution in [3.8, 4) is 0 Å². The van der Waals surface area contributed by atoms with Crippen LogP contribution < -0.4 is 9.62 Å². The van der Waals surface area contributed by atoms with Crippen molar-refractivity contribution >= 4 is 21.6 Å². The first-order chi connectivity index (χ1) is 15.7. The maximum atomic E-state index is 12.6. The fraction of sp³-hybridized carbons (Fsp3) is 0.519. The summed E-state index contributed by atoms with van der Waals surface area (Å²) >= 11 is 0. The summed E-state index contributed by atoms with van der Waals surface area (Å²) in [6, 6.07) is 15.9. The first-order valence-corrected chi connectivity index (χ1v) is 14.0. The summed E-state index contributed by atoms with van der Waals surface area (Å²) in [5, 5.41) is 2.85. The zero-order chi connectivity index (χ0) is 23.2. The van der Waals surface area contributed by atoms with Crippen molar-refractivity contribution in [2.75, 3.05) is 17.1 Å². The zero-order valence-corrected chi connectivity index (χ0v) is 20.4. The molecule has 0 saturated heterocycles. The summed E-state index contributed by atoms with van der Waals surface area (Å²) in [7, 11) is -3.59. The van der Waals surface area contributed by atoms with E-state index < -0.39 is 10.0 Å². The maximum Gasteiger partial charge on any atom is 0.241 e. The van der Waals surface area contributed by atoms with E-state index in [4.69, 9.17) is 0 Å². The van der Waals surface area contributed by atoms with E-state index in [2.05, 4.69) is 17.4 Å². The van der Waals surface area contributed by atoms with Gasteiger partial charge in [0.2, 0.25) is 15.9 Å². The molecule has 2 aromatic carbocycles. The van der Waals surface area contributed by atoms with E-state index in [1.807, 2.05) is 43.3 Å². The third-order valence-electron chi connectivity index (χ3n) is 8.07. The quantitative estimate of drug-likeness (QED) is 0.651. The highest BCUT2D eigenvalue weighted by molar-refractivity contribution is 7.92. The van der Waals surface area contributed by atoms with Gasteiger partial charge in [-0.05, 0) is 91.9 Å². The van der Waals surface area contributed by atoms with Gasteiger partial charge in [0, 0.05) is 6.54 Å². The van der Waals surface area contributed by atoms with Crippen molar-refractivity contribution in [2.45, 2.75) is 57.4 Å². The Bertz CT molecular complexity index is 1100. The molecule has 176 valence electrons. The van der Waals surface area contributed by atoms with Crippen LogP contribution in [0, 0.1) is 24.7 Å². The molecule has 0 radical (unpaired) electrons. The normalized spacial score (nSPS) is 28.0. The van der Waals surface area contributed by atoms with Crippen LogP contribution in [0.15, 0.2) is 48.5 Å². The van der Waals surface area contributed by atoms with Crippen LogP contribution in [-0.4, -0.2) is 27.1 Å². The number of amides is 1. The van der Waals surface area contributed by atoms with E-state index in [0.29, 0.717) is 12.2 Å². The number of nitrogens with zero attached hydrogens (tertiary/aromatic N) is 1. The lowest BCUT2D eigenvalue weighted by atomic mass is 9.48. The van der Waals surface area contributed by atoms with Gasteiger partial charge < -0.3 is 5.32 Å². The third-order valence-corrected chi connectivity index (χ3v) is 9.21. The maximum absolute atomic E-state index is 12.6. The van der Waals surface area contributed by atoms with Gasteiger partial charge in [-0.1, -0.05) is 42.0 Å². The molecule has 4 bridgehead atoms. The van der Waals surface area contributed by atoms with Gasteiger partial charge in [-0.15, -0.1) is 0 Å². The monoisotopic (exact) mass is 466 g/mol. The molecule has 33 heavy (non-hydrogen) atoms. The zero-order valence-electron chi connectivity index (χ0n) is 19.6. The van der Waals surface area contributed by atoms with Crippen molar-refractivity contribution in [3.63, 3.8) is 0 Å². The Morgan fingerprint density at radius 3 is 2.15 bits per heavy atom. The van der Waals surface area contributed by atoms with E-state index in [0.717, 1.165) is 35.1 Å². The lowest BCUT2D eigenvalue weighted by molar-refractivity contribution is -0.119. The first-order valence-electron chi connectivity index (χ1n) is 12.1. The van der Waals surface area contributed by atoms with Crippen molar-refractivity contribution in [1.29, 1.82) is 0 Å². The summed E-state index contributed by atoms with van der Waals surface area (Å²) in [5.74, 6) is 2.27. The predicted molar refractivity (Wildman–Crippen MR) is 132 cm³/mol. The summed E-state index contributed by atoms with van der Waals surface area (Å²) in [6.45, 7) is 2.16. The Morgan fingerprint density at radius 1 is 1.00 bits per heavy atom. The highest BCUT2D eigenvalue weighted by atomic mass is 32.2. The number of sulfonamides is 1. The Hall–Kier alpha value is -2.34. The number of carbonyl (C=O) groups excluding carboxylic acids is 1. The van der Waals surface area contributed by atoms with Crippen molar-refractivity contribution in [3.05, 3.63) is 65.2 Å². The third kappa shape index (κ3) is 4.68. The van der Waals surface area contributed by atoms with E-state index in [1.54, 1.807) is 0 Å². The van der Waals surface area contributed by atoms with Gasteiger partial charge in [0.05, 0.1) is 11.9 Å². The summed E-state index contributed by atoms with van der Waals surface area (Å²) in [6.07, 6.45) is 9.18. The van der Waals surface area contributed by atoms with Gasteiger partial charge in [0.1, 0.15) is 6.54 Å². The molecule has 5 nitrogen and oxygen atoms in total. The Kier molecular flexibility index (Phi) is 5.76. The molecule has 4 aliphatic rings. The molecular formula is C27H34N2O3S. The number of aryl methyl sites for hydroxylation is 1. The molecule has 0 unspecified atom stereocenters. The fourth-order valence-electron chi connectivity index (χ4n) is 7.05. The van der Waals surface area contributed by atoms with E-state index in [1.165, 1.54) is 48.4 Å². The summed E-state index contributed by atoms with van der Waals surface area (Å²) in [4.78, 5) is 12.6. The molecular weight excluding hydrogens is 432 g/mol. The number of hydrogen-bond acceptors (Lipinski definition) is 3. The standard InChI is InChI=1S/C27H34N2O3S/c1-19-4-3-5-20(10-19)17-28-26(30)18-29(33(2,31)32)25-8-6-24(7-9-25)27-14-21-11-22(15-27)13-23(12-21)16-27/h3-10,21-23H,11-18H2,1-2H3,(H,28,30). The lowest BCUT2D eigenvalue weighted by Crippen LogP contribution is -2.48. The molecule has 1 amide bonds. The molecule has 4 aliphatic carbocycles. The topological polar surface area (TPSA) is 66.5 Å².